The molecule has 1 N–H and O–H groups in total. The van der Waals surface area contributed by atoms with Crippen LogP contribution in [0.15, 0.2) is 24.3 Å². The van der Waals surface area contributed by atoms with Gasteiger partial charge in [-0.25, -0.2) is 4.79 Å². The maximum absolute atomic E-state index is 13.8. The first kappa shape index (κ1) is 24.9. The Balaban J connectivity index is 1.64. The van der Waals surface area contributed by atoms with Crippen molar-refractivity contribution in [2.45, 2.75) is 89.4 Å². The van der Waals surface area contributed by atoms with Gasteiger partial charge in [-0.2, -0.15) is 13.2 Å². The Kier molecular flexibility index (Phi) is 8.48. The van der Waals surface area contributed by atoms with Crippen molar-refractivity contribution in [2.24, 2.45) is 11.8 Å². The second kappa shape index (κ2) is 10.9. The van der Waals surface area contributed by atoms with E-state index in [1.165, 1.54) is 0 Å². The molecule has 0 aromatic heterocycles. The van der Waals surface area contributed by atoms with Crippen molar-refractivity contribution in [1.29, 1.82) is 0 Å². The summed E-state index contributed by atoms with van der Waals surface area (Å²) in [5.74, 6) is -1.40. The SMILES string of the molecule is CCC1[C@@H](CCc2cccc(Cl)c2)C(=O)N1C(=O)NC(C1CCCCCCC1)C(F)(F)F. The van der Waals surface area contributed by atoms with Gasteiger partial charge in [0.2, 0.25) is 5.91 Å². The Labute approximate surface area is 192 Å². The van der Waals surface area contributed by atoms with Crippen molar-refractivity contribution < 1.29 is 22.8 Å². The molecule has 3 atom stereocenters. The molecule has 178 valence electrons. The average Bonchev–Trinajstić information content (AvgIpc) is 2.69. The number of benzene rings is 1. The normalized spacial score (nSPS) is 23.8. The molecule has 4 nitrogen and oxygen atoms in total. The number of β-lactam (4-membered cyclic amide) rings is 1. The van der Waals surface area contributed by atoms with Crippen LogP contribution in [0, 0.1) is 11.8 Å². The van der Waals surface area contributed by atoms with E-state index >= 15 is 0 Å². The van der Waals surface area contributed by atoms with Crippen LogP contribution in [0.4, 0.5) is 18.0 Å². The van der Waals surface area contributed by atoms with Crippen LogP contribution >= 0.6 is 11.6 Å². The number of likely N-dealkylation sites (tertiary alicyclic amines) is 1. The number of imide groups is 1. The molecule has 2 unspecified atom stereocenters. The van der Waals surface area contributed by atoms with E-state index < -0.39 is 30.1 Å². The second-order valence-corrected chi connectivity index (χ2v) is 9.47. The molecule has 1 aromatic rings. The van der Waals surface area contributed by atoms with Crippen LogP contribution in [0.1, 0.15) is 70.3 Å². The number of nitrogens with zero attached hydrogens (tertiary/aromatic N) is 1. The van der Waals surface area contributed by atoms with Crippen LogP contribution in [0.3, 0.4) is 0 Å². The monoisotopic (exact) mass is 472 g/mol. The average molecular weight is 473 g/mol. The number of carbonyl (C=O) groups is 2. The molecule has 1 saturated carbocycles. The molecule has 8 heteroatoms. The lowest BCUT2D eigenvalue weighted by Gasteiger charge is -2.46. The number of hydrogen-bond donors (Lipinski definition) is 1. The van der Waals surface area contributed by atoms with Crippen LogP contribution in [0.5, 0.6) is 0 Å². The Hall–Kier alpha value is -1.76. The zero-order valence-electron chi connectivity index (χ0n) is 18.5. The smallest absolute Gasteiger partial charge is 0.325 e. The van der Waals surface area contributed by atoms with Gasteiger partial charge in [-0.3, -0.25) is 9.69 Å². The number of amides is 3. The van der Waals surface area contributed by atoms with E-state index in [4.69, 9.17) is 11.6 Å². The van der Waals surface area contributed by atoms with E-state index in [2.05, 4.69) is 5.32 Å². The number of aryl methyl sites for hydroxylation is 1. The van der Waals surface area contributed by atoms with Crippen LogP contribution in [-0.2, 0) is 11.2 Å². The number of hydrogen-bond acceptors (Lipinski definition) is 2. The topological polar surface area (TPSA) is 49.4 Å². The second-order valence-electron chi connectivity index (χ2n) is 9.03. The fraction of sp³-hybridized carbons (Fsp3) is 0.667. The van der Waals surface area contributed by atoms with Gasteiger partial charge < -0.3 is 5.32 Å². The summed E-state index contributed by atoms with van der Waals surface area (Å²) >= 11 is 6.01. The van der Waals surface area contributed by atoms with E-state index in [1.54, 1.807) is 6.07 Å². The largest absolute Gasteiger partial charge is 0.408 e. The summed E-state index contributed by atoms with van der Waals surface area (Å²) in [5.41, 5.74) is 0.990. The number of rotatable bonds is 6. The zero-order chi connectivity index (χ0) is 23.3. The Bertz CT molecular complexity index is 794. The summed E-state index contributed by atoms with van der Waals surface area (Å²) < 4.78 is 41.5. The highest BCUT2D eigenvalue weighted by atomic mass is 35.5. The molecule has 3 amide bonds. The Morgan fingerprint density at radius 3 is 2.44 bits per heavy atom. The minimum atomic E-state index is -4.54. The van der Waals surface area contributed by atoms with Gasteiger partial charge in [0.05, 0.1) is 12.0 Å². The number of alkyl halides is 3. The van der Waals surface area contributed by atoms with Crippen LogP contribution in [0.25, 0.3) is 0 Å². The van der Waals surface area contributed by atoms with Gasteiger partial charge in [-0.15, -0.1) is 0 Å². The zero-order valence-corrected chi connectivity index (χ0v) is 19.2. The first-order valence-corrected chi connectivity index (χ1v) is 12.0. The van der Waals surface area contributed by atoms with Gasteiger partial charge in [-0.1, -0.05) is 62.8 Å². The molecule has 2 aliphatic rings. The molecular weight excluding hydrogens is 441 g/mol. The van der Waals surface area contributed by atoms with Crippen molar-refractivity contribution in [1.82, 2.24) is 10.2 Å². The number of halogens is 4. The number of urea groups is 1. The maximum atomic E-state index is 13.8. The molecule has 1 saturated heterocycles. The predicted molar refractivity (Wildman–Crippen MR) is 118 cm³/mol. The molecule has 1 aromatic carbocycles. The molecule has 0 spiro atoms. The fourth-order valence-electron chi connectivity index (χ4n) is 5.14. The van der Waals surface area contributed by atoms with Gasteiger partial charge in [0, 0.05) is 5.02 Å². The minimum Gasteiger partial charge on any atom is -0.325 e. The lowest BCUT2D eigenvalue weighted by molar-refractivity contribution is -0.169. The quantitative estimate of drug-likeness (QED) is 0.480. The van der Waals surface area contributed by atoms with E-state index in [-0.39, 0.29) is 12.0 Å². The summed E-state index contributed by atoms with van der Waals surface area (Å²) in [6, 6.07) is 4.15. The molecular formula is C24H32ClF3N2O2. The molecule has 0 bridgehead atoms. The number of nitrogens with one attached hydrogen (secondary N) is 1. The lowest BCUT2D eigenvalue weighted by Crippen LogP contribution is -2.67. The predicted octanol–water partition coefficient (Wildman–Crippen LogP) is 6.51. The van der Waals surface area contributed by atoms with Crippen molar-refractivity contribution in [3.8, 4) is 0 Å². The van der Waals surface area contributed by atoms with Crippen LogP contribution in [-0.4, -0.2) is 35.1 Å². The first-order valence-electron chi connectivity index (χ1n) is 11.7. The van der Waals surface area contributed by atoms with Gasteiger partial charge in [0.25, 0.3) is 0 Å². The Morgan fingerprint density at radius 1 is 1.19 bits per heavy atom. The molecule has 2 fully saturated rings. The number of carbonyl (C=O) groups excluding carboxylic acids is 2. The molecule has 3 rings (SSSR count). The van der Waals surface area contributed by atoms with E-state index in [0.717, 1.165) is 42.6 Å². The Morgan fingerprint density at radius 2 is 1.84 bits per heavy atom. The minimum absolute atomic E-state index is 0.365. The van der Waals surface area contributed by atoms with Gasteiger partial charge >= 0.3 is 12.2 Å². The van der Waals surface area contributed by atoms with Crippen molar-refractivity contribution in [3.63, 3.8) is 0 Å². The maximum Gasteiger partial charge on any atom is 0.408 e. The fourth-order valence-corrected chi connectivity index (χ4v) is 5.36. The third-order valence-electron chi connectivity index (χ3n) is 6.87. The summed E-state index contributed by atoms with van der Waals surface area (Å²) in [7, 11) is 0. The lowest BCUT2D eigenvalue weighted by atomic mass is 9.81. The van der Waals surface area contributed by atoms with Crippen molar-refractivity contribution in [2.75, 3.05) is 0 Å². The molecule has 1 heterocycles. The highest BCUT2D eigenvalue weighted by Crippen LogP contribution is 2.36. The van der Waals surface area contributed by atoms with Crippen molar-refractivity contribution >= 4 is 23.5 Å². The summed E-state index contributed by atoms with van der Waals surface area (Å²) in [6.45, 7) is 1.85. The van der Waals surface area contributed by atoms with Gasteiger partial charge in [0.15, 0.2) is 0 Å². The van der Waals surface area contributed by atoms with Crippen LogP contribution < -0.4 is 5.32 Å². The van der Waals surface area contributed by atoms with Crippen molar-refractivity contribution in [3.05, 3.63) is 34.9 Å². The van der Waals surface area contributed by atoms with Gasteiger partial charge in [-0.05, 0) is 55.7 Å². The van der Waals surface area contributed by atoms with E-state index in [1.807, 2.05) is 25.1 Å². The standard InChI is InChI=1S/C24H32ClF3N2O2/c1-2-20-19(14-13-16-9-8-12-18(25)15-16)22(31)30(20)23(32)29-21(24(26,27)28)17-10-6-4-3-5-7-11-17/h8-9,12,15,17,19-21H,2-7,10-11,13-14H2,1H3,(H,29,32)/t19-,20?,21?/m1/s1. The third-order valence-corrected chi connectivity index (χ3v) is 7.11. The van der Waals surface area contributed by atoms with E-state index in [0.29, 0.717) is 37.1 Å². The van der Waals surface area contributed by atoms with Crippen LogP contribution in [0.2, 0.25) is 5.02 Å². The molecule has 32 heavy (non-hydrogen) atoms. The first-order chi connectivity index (χ1) is 15.2. The molecule has 1 aliphatic heterocycles. The highest BCUT2D eigenvalue weighted by Gasteiger charge is 2.52. The summed E-state index contributed by atoms with van der Waals surface area (Å²) in [5, 5.41) is 2.81. The highest BCUT2D eigenvalue weighted by molar-refractivity contribution is 6.30. The summed E-state index contributed by atoms with van der Waals surface area (Å²) in [4.78, 5) is 26.5. The summed E-state index contributed by atoms with van der Waals surface area (Å²) in [6.07, 6.45) is 2.38. The molecule has 0 radical (unpaired) electrons. The van der Waals surface area contributed by atoms with E-state index in [9.17, 15) is 22.8 Å². The third kappa shape index (κ3) is 5.97. The molecule has 1 aliphatic carbocycles. The van der Waals surface area contributed by atoms with Gasteiger partial charge in [0.1, 0.15) is 6.04 Å².